The summed E-state index contributed by atoms with van der Waals surface area (Å²) in [5.41, 5.74) is 0. The van der Waals surface area contributed by atoms with Crippen molar-refractivity contribution in [3.05, 3.63) is 60.8 Å². The lowest BCUT2D eigenvalue weighted by molar-refractivity contribution is -0.150. The van der Waals surface area contributed by atoms with Gasteiger partial charge in [-0.05, 0) is 77.0 Å². The Labute approximate surface area is 265 Å². The lowest BCUT2D eigenvalue weighted by atomic mass is 10.0. The molecule has 43 heavy (non-hydrogen) atoms. The second kappa shape index (κ2) is 34.1. The van der Waals surface area contributed by atoms with Crippen molar-refractivity contribution in [1.29, 1.82) is 0 Å². The van der Waals surface area contributed by atoms with Gasteiger partial charge in [0.15, 0.2) is 0 Å². The Bertz CT molecular complexity index is 774. The number of carbonyl (C=O) groups is 2. The molecule has 0 aliphatic rings. The zero-order valence-electron chi connectivity index (χ0n) is 28.0. The van der Waals surface area contributed by atoms with Crippen LogP contribution in [-0.4, -0.2) is 23.1 Å². The fourth-order valence-electron chi connectivity index (χ4n) is 4.92. The summed E-state index contributed by atoms with van der Waals surface area (Å²) in [7, 11) is 0. The van der Waals surface area contributed by atoms with Gasteiger partial charge in [0.05, 0.1) is 0 Å². The highest BCUT2D eigenvalue weighted by molar-refractivity contribution is 5.69. The SMILES string of the molecule is CC/C=C\C/C=C\C/C=C\C/C=C\C/C=C\CCCCCC(=O)OC(CCCCCCCCCCCC)CCCC(=O)O. The van der Waals surface area contributed by atoms with Gasteiger partial charge in [-0.2, -0.15) is 0 Å². The first-order valence-electron chi connectivity index (χ1n) is 17.8. The summed E-state index contributed by atoms with van der Waals surface area (Å²) in [6, 6.07) is 0. The first kappa shape index (κ1) is 40.6. The van der Waals surface area contributed by atoms with Crippen LogP contribution in [0.4, 0.5) is 0 Å². The van der Waals surface area contributed by atoms with Crippen LogP contribution in [0.25, 0.3) is 0 Å². The molecule has 4 nitrogen and oxygen atoms in total. The van der Waals surface area contributed by atoms with E-state index >= 15 is 0 Å². The summed E-state index contributed by atoms with van der Waals surface area (Å²) in [6.45, 7) is 4.41. The molecule has 0 saturated carbocycles. The van der Waals surface area contributed by atoms with E-state index in [-0.39, 0.29) is 18.5 Å². The first-order chi connectivity index (χ1) is 21.1. The monoisotopic (exact) mass is 598 g/mol. The number of hydrogen-bond donors (Lipinski definition) is 1. The van der Waals surface area contributed by atoms with Gasteiger partial charge in [0.2, 0.25) is 0 Å². The highest BCUT2D eigenvalue weighted by Gasteiger charge is 2.15. The Hall–Kier alpha value is -2.36. The molecule has 0 aromatic carbocycles. The predicted molar refractivity (Wildman–Crippen MR) is 185 cm³/mol. The zero-order valence-corrected chi connectivity index (χ0v) is 28.0. The van der Waals surface area contributed by atoms with Gasteiger partial charge in [-0.25, -0.2) is 0 Å². The molecular formula is C39H66O4. The molecule has 1 unspecified atom stereocenters. The molecule has 0 radical (unpaired) electrons. The number of hydrogen-bond acceptors (Lipinski definition) is 3. The Morgan fingerprint density at radius 1 is 0.535 bits per heavy atom. The van der Waals surface area contributed by atoms with Crippen molar-refractivity contribution in [3.63, 3.8) is 0 Å². The largest absolute Gasteiger partial charge is 0.481 e. The minimum absolute atomic E-state index is 0.123. The Morgan fingerprint density at radius 3 is 1.53 bits per heavy atom. The van der Waals surface area contributed by atoms with Crippen LogP contribution in [0.3, 0.4) is 0 Å². The normalized spacial score (nSPS) is 13.0. The van der Waals surface area contributed by atoms with Gasteiger partial charge in [0.25, 0.3) is 0 Å². The van der Waals surface area contributed by atoms with E-state index in [1.807, 2.05) is 0 Å². The van der Waals surface area contributed by atoms with Crippen LogP contribution in [0.5, 0.6) is 0 Å². The van der Waals surface area contributed by atoms with E-state index in [1.165, 1.54) is 51.4 Å². The third-order valence-electron chi connectivity index (χ3n) is 7.50. The highest BCUT2D eigenvalue weighted by Crippen LogP contribution is 2.17. The maximum atomic E-state index is 12.4. The minimum Gasteiger partial charge on any atom is -0.481 e. The Kier molecular flexibility index (Phi) is 32.3. The summed E-state index contributed by atoms with van der Waals surface area (Å²) in [5.74, 6) is -0.904. The van der Waals surface area contributed by atoms with E-state index in [1.54, 1.807) is 0 Å². The number of carbonyl (C=O) groups excluding carboxylic acids is 1. The lowest BCUT2D eigenvalue weighted by Crippen LogP contribution is -2.18. The number of ether oxygens (including phenoxy) is 1. The minimum atomic E-state index is -0.781. The van der Waals surface area contributed by atoms with Crippen molar-refractivity contribution in [3.8, 4) is 0 Å². The van der Waals surface area contributed by atoms with Gasteiger partial charge in [0, 0.05) is 12.8 Å². The number of carboxylic acid groups (broad SMARTS) is 1. The molecule has 0 spiro atoms. The Morgan fingerprint density at radius 2 is 1.00 bits per heavy atom. The van der Waals surface area contributed by atoms with Gasteiger partial charge >= 0.3 is 11.9 Å². The van der Waals surface area contributed by atoms with Gasteiger partial charge < -0.3 is 9.84 Å². The van der Waals surface area contributed by atoms with E-state index in [4.69, 9.17) is 9.84 Å². The van der Waals surface area contributed by atoms with Crippen LogP contribution in [0.1, 0.15) is 168 Å². The average Bonchev–Trinajstić information content (AvgIpc) is 2.99. The topological polar surface area (TPSA) is 63.6 Å². The van der Waals surface area contributed by atoms with Gasteiger partial charge in [-0.1, -0.05) is 139 Å². The number of allylic oxidation sites excluding steroid dienone is 10. The molecule has 0 saturated heterocycles. The number of carboxylic acids is 1. The van der Waals surface area contributed by atoms with E-state index in [9.17, 15) is 9.59 Å². The maximum absolute atomic E-state index is 12.4. The predicted octanol–water partition coefficient (Wildman–Crippen LogP) is 12.2. The van der Waals surface area contributed by atoms with Crippen LogP contribution in [0, 0.1) is 0 Å². The van der Waals surface area contributed by atoms with Crippen LogP contribution < -0.4 is 0 Å². The Balaban J connectivity index is 3.93. The quantitative estimate of drug-likeness (QED) is 0.0490. The molecule has 4 heteroatoms. The molecule has 0 aromatic rings. The second-order valence-corrected chi connectivity index (χ2v) is 11.7. The molecule has 0 aliphatic carbocycles. The fraction of sp³-hybridized carbons (Fsp3) is 0.692. The van der Waals surface area contributed by atoms with Crippen LogP contribution in [0.2, 0.25) is 0 Å². The number of unbranched alkanes of at least 4 members (excludes halogenated alkanes) is 12. The molecule has 0 aromatic heterocycles. The van der Waals surface area contributed by atoms with E-state index in [2.05, 4.69) is 74.6 Å². The first-order valence-corrected chi connectivity index (χ1v) is 17.8. The third kappa shape index (κ3) is 34.0. The van der Waals surface area contributed by atoms with Gasteiger partial charge in [-0.3, -0.25) is 9.59 Å². The molecule has 1 N–H and O–H groups in total. The summed E-state index contributed by atoms with van der Waals surface area (Å²) in [5, 5.41) is 8.98. The van der Waals surface area contributed by atoms with E-state index in [0.29, 0.717) is 19.3 Å². The molecule has 1 atom stereocenters. The summed E-state index contributed by atoms with van der Waals surface area (Å²) < 4.78 is 5.79. The smallest absolute Gasteiger partial charge is 0.306 e. The van der Waals surface area contributed by atoms with Crippen LogP contribution in [0.15, 0.2) is 60.8 Å². The molecular weight excluding hydrogens is 532 g/mol. The summed E-state index contributed by atoms with van der Waals surface area (Å²) >= 11 is 0. The van der Waals surface area contributed by atoms with Crippen molar-refractivity contribution < 1.29 is 19.4 Å². The summed E-state index contributed by atoms with van der Waals surface area (Å²) in [6.07, 6.45) is 46.5. The van der Waals surface area contributed by atoms with E-state index in [0.717, 1.165) is 77.0 Å². The standard InChI is InChI=1S/C39H66O4/c1-3-5-7-9-11-13-15-16-17-18-19-20-21-22-23-25-27-29-31-36-39(42)43-37(34-32-35-38(40)41)33-30-28-26-24-14-12-10-8-6-4-2/h5,7,11,13,16-17,19-20,22-23,37H,3-4,6,8-10,12,14-15,18,21,24-36H2,1-2H3,(H,40,41)/b7-5-,13-11-,17-16-,20-19-,23-22-. The van der Waals surface area contributed by atoms with Crippen LogP contribution >= 0.6 is 0 Å². The highest BCUT2D eigenvalue weighted by atomic mass is 16.5. The average molecular weight is 599 g/mol. The fourth-order valence-corrected chi connectivity index (χ4v) is 4.92. The third-order valence-corrected chi connectivity index (χ3v) is 7.50. The second-order valence-electron chi connectivity index (χ2n) is 11.7. The van der Waals surface area contributed by atoms with Crippen molar-refractivity contribution in [2.24, 2.45) is 0 Å². The molecule has 246 valence electrons. The molecule has 0 rings (SSSR count). The number of rotatable bonds is 31. The number of esters is 1. The lowest BCUT2D eigenvalue weighted by Gasteiger charge is -2.18. The molecule has 0 bridgehead atoms. The van der Waals surface area contributed by atoms with Gasteiger partial charge in [0.1, 0.15) is 6.10 Å². The molecule has 0 heterocycles. The van der Waals surface area contributed by atoms with Crippen LogP contribution in [-0.2, 0) is 14.3 Å². The van der Waals surface area contributed by atoms with E-state index < -0.39 is 5.97 Å². The molecule has 0 aliphatic heterocycles. The molecule has 0 amide bonds. The van der Waals surface area contributed by atoms with Crippen molar-refractivity contribution in [2.45, 2.75) is 174 Å². The van der Waals surface area contributed by atoms with Crippen molar-refractivity contribution >= 4 is 11.9 Å². The summed E-state index contributed by atoms with van der Waals surface area (Å²) in [4.78, 5) is 23.4. The van der Waals surface area contributed by atoms with Gasteiger partial charge in [-0.15, -0.1) is 0 Å². The van der Waals surface area contributed by atoms with Crippen molar-refractivity contribution in [1.82, 2.24) is 0 Å². The zero-order chi connectivity index (χ0) is 31.5. The maximum Gasteiger partial charge on any atom is 0.306 e. The molecule has 0 fully saturated rings. The van der Waals surface area contributed by atoms with Crippen molar-refractivity contribution in [2.75, 3.05) is 0 Å². The number of aliphatic carboxylic acids is 1.